The van der Waals surface area contributed by atoms with Crippen LogP contribution in [0.15, 0.2) is 55.2 Å². The molecular weight excluding hydrogens is 316 g/mol. The fourth-order valence-electron chi connectivity index (χ4n) is 2.83. The molecule has 0 atom stereocenters. The number of rotatable bonds is 2. The molecule has 2 aromatic heterocycles. The molecule has 4 rings (SSSR count). The summed E-state index contributed by atoms with van der Waals surface area (Å²) in [7, 11) is 0. The van der Waals surface area contributed by atoms with Gasteiger partial charge in [0.05, 0.1) is 30.2 Å². The average molecular weight is 332 g/mol. The third kappa shape index (κ3) is 2.99. The molecule has 25 heavy (non-hydrogen) atoms. The zero-order valence-corrected chi connectivity index (χ0v) is 13.4. The van der Waals surface area contributed by atoms with E-state index < -0.39 is 0 Å². The van der Waals surface area contributed by atoms with Crippen molar-refractivity contribution in [1.82, 2.24) is 19.9 Å². The molecule has 1 aliphatic heterocycles. The van der Waals surface area contributed by atoms with Gasteiger partial charge in [-0.3, -0.25) is 4.98 Å². The van der Waals surface area contributed by atoms with Gasteiger partial charge in [-0.1, -0.05) is 6.07 Å². The van der Waals surface area contributed by atoms with E-state index in [1.807, 2.05) is 24.3 Å². The SMILES string of the molecule is Nc1ccc(-c2ccncc2)cc1NC(=O)N1Cc2cncnc2C1. The van der Waals surface area contributed by atoms with Gasteiger partial charge in [0.2, 0.25) is 0 Å². The number of pyridine rings is 1. The largest absolute Gasteiger partial charge is 0.397 e. The first kappa shape index (κ1) is 15.1. The van der Waals surface area contributed by atoms with Gasteiger partial charge in [-0.25, -0.2) is 14.8 Å². The van der Waals surface area contributed by atoms with Crippen LogP contribution < -0.4 is 11.1 Å². The summed E-state index contributed by atoms with van der Waals surface area (Å²) in [5.74, 6) is 0. The first-order chi connectivity index (χ1) is 12.2. The van der Waals surface area contributed by atoms with E-state index in [2.05, 4.69) is 20.3 Å². The quantitative estimate of drug-likeness (QED) is 0.703. The predicted octanol–water partition coefficient (Wildman–Crippen LogP) is 2.67. The van der Waals surface area contributed by atoms with Crippen molar-refractivity contribution in [3.05, 3.63) is 66.5 Å². The van der Waals surface area contributed by atoms with Crippen molar-refractivity contribution in [2.24, 2.45) is 0 Å². The number of carbonyl (C=O) groups is 1. The van der Waals surface area contributed by atoms with Crippen LogP contribution in [0.5, 0.6) is 0 Å². The summed E-state index contributed by atoms with van der Waals surface area (Å²) in [6.07, 6.45) is 6.70. The number of fused-ring (bicyclic) bond motifs is 1. The third-order valence-electron chi connectivity index (χ3n) is 4.18. The summed E-state index contributed by atoms with van der Waals surface area (Å²) in [6.45, 7) is 0.958. The first-order valence-corrected chi connectivity index (χ1v) is 7.84. The van der Waals surface area contributed by atoms with Crippen LogP contribution in [0.1, 0.15) is 11.3 Å². The Morgan fingerprint density at radius 2 is 1.92 bits per heavy atom. The topological polar surface area (TPSA) is 97.0 Å². The molecule has 0 bridgehead atoms. The molecule has 2 amide bonds. The normalized spacial score (nSPS) is 12.7. The molecule has 1 aromatic carbocycles. The van der Waals surface area contributed by atoms with Crippen molar-refractivity contribution in [3.8, 4) is 11.1 Å². The number of carbonyl (C=O) groups excluding carboxylic acids is 1. The Bertz CT molecular complexity index is 903. The molecule has 0 spiro atoms. The second-order valence-corrected chi connectivity index (χ2v) is 5.82. The van der Waals surface area contributed by atoms with Crippen LogP contribution in [0.3, 0.4) is 0 Å². The summed E-state index contributed by atoms with van der Waals surface area (Å²) >= 11 is 0. The molecule has 7 nitrogen and oxygen atoms in total. The summed E-state index contributed by atoms with van der Waals surface area (Å²) in [4.78, 5) is 26.5. The van der Waals surface area contributed by atoms with Crippen molar-refractivity contribution in [2.45, 2.75) is 13.1 Å². The number of urea groups is 1. The Kier molecular flexibility index (Phi) is 3.74. The highest BCUT2D eigenvalue weighted by Crippen LogP contribution is 2.28. The van der Waals surface area contributed by atoms with E-state index >= 15 is 0 Å². The zero-order chi connectivity index (χ0) is 17.2. The van der Waals surface area contributed by atoms with Crippen LogP contribution in [0.2, 0.25) is 0 Å². The highest BCUT2D eigenvalue weighted by Gasteiger charge is 2.24. The molecule has 0 unspecified atom stereocenters. The van der Waals surface area contributed by atoms with Gasteiger partial charge in [0.15, 0.2) is 0 Å². The van der Waals surface area contributed by atoms with Crippen molar-refractivity contribution in [1.29, 1.82) is 0 Å². The molecular formula is C18H16N6O. The molecule has 7 heteroatoms. The molecule has 3 N–H and O–H groups in total. The maximum Gasteiger partial charge on any atom is 0.322 e. The van der Waals surface area contributed by atoms with Gasteiger partial charge in [0, 0.05) is 24.2 Å². The van der Waals surface area contributed by atoms with Crippen LogP contribution in [-0.2, 0) is 13.1 Å². The van der Waals surface area contributed by atoms with E-state index in [0.29, 0.717) is 24.5 Å². The molecule has 3 heterocycles. The van der Waals surface area contributed by atoms with E-state index in [-0.39, 0.29) is 6.03 Å². The number of benzene rings is 1. The molecule has 0 saturated carbocycles. The van der Waals surface area contributed by atoms with E-state index in [9.17, 15) is 4.79 Å². The maximum absolute atomic E-state index is 12.6. The van der Waals surface area contributed by atoms with Crippen LogP contribution in [0.4, 0.5) is 16.2 Å². The molecule has 1 aliphatic rings. The minimum atomic E-state index is -0.212. The van der Waals surface area contributed by atoms with E-state index in [1.165, 1.54) is 6.33 Å². The van der Waals surface area contributed by atoms with E-state index in [0.717, 1.165) is 22.4 Å². The van der Waals surface area contributed by atoms with Gasteiger partial charge >= 0.3 is 6.03 Å². The Morgan fingerprint density at radius 1 is 1.08 bits per heavy atom. The van der Waals surface area contributed by atoms with Crippen molar-refractivity contribution in [2.75, 3.05) is 11.1 Å². The van der Waals surface area contributed by atoms with Gasteiger partial charge in [-0.2, -0.15) is 0 Å². The van der Waals surface area contributed by atoms with Gasteiger partial charge in [-0.05, 0) is 35.4 Å². The number of hydrogen-bond donors (Lipinski definition) is 2. The maximum atomic E-state index is 12.6. The monoisotopic (exact) mass is 332 g/mol. The summed E-state index contributed by atoms with van der Waals surface area (Å²) in [5, 5.41) is 2.90. The predicted molar refractivity (Wildman–Crippen MR) is 94.4 cm³/mol. The van der Waals surface area contributed by atoms with Crippen molar-refractivity contribution in [3.63, 3.8) is 0 Å². The zero-order valence-electron chi connectivity index (χ0n) is 13.4. The molecule has 0 radical (unpaired) electrons. The Morgan fingerprint density at radius 3 is 2.72 bits per heavy atom. The lowest BCUT2D eigenvalue weighted by atomic mass is 10.1. The van der Waals surface area contributed by atoms with Crippen LogP contribution in [0.25, 0.3) is 11.1 Å². The molecule has 3 aromatic rings. The average Bonchev–Trinajstić information content (AvgIpc) is 3.08. The summed E-state index contributed by atoms with van der Waals surface area (Å²) in [5.41, 5.74) is 10.9. The Labute approximate surface area is 144 Å². The number of nitrogen functional groups attached to an aromatic ring is 1. The molecule has 0 aliphatic carbocycles. The van der Waals surface area contributed by atoms with Gasteiger partial charge in [0.1, 0.15) is 6.33 Å². The Balaban J connectivity index is 1.54. The number of nitrogens with one attached hydrogen (secondary N) is 1. The lowest BCUT2D eigenvalue weighted by Gasteiger charge is -2.17. The number of amides is 2. The molecule has 124 valence electrons. The first-order valence-electron chi connectivity index (χ1n) is 7.84. The molecule has 0 saturated heterocycles. The summed E-state index contributed by atoms with van der Waals surface area (Å²) < 4.78 is 0. The summed E-state index contributed by atoms with van der Waals surface area (Å²) in [6, 6.07) is 9.18. The van der Waals surface area contributed by atoms with E-state index in [4.69, 9.17) is 5.73 Å². The van der Waals surface area contributed by atoms with Crippen LogP contribution in [0, 0.1) is 0 Å². The van der Waals surface area contributed by atoms with Gasteiger partial charge in [-0.15, -0.1) is 0 Å². The smallest absolute Gasteiger partial charge is 0.322 e. The standard InChI is InChI=1S/C18H16N6O/c19-15-2-1-13(12-3-5-20-6-4-12)7-16(15)23-18(25)24-9-14-8-21-11-22-17(14)10-24/h1-8,11H,9-10,19H2,(H,23,25). The second kappa shape index (κ2) is 6.20. The van der Waals surface area contributed by atoms with E-state index in [1.54, 1.807) is 29.6 Å². The third-order valence-corrected chi connectivity index (χ3v) is 4.18. The van der Waals surface area contributed by atoms with Crippen LogP contribution >= 0.6 is 0 Å². The fraction of sp³-hybridized carbons (Fsp3) is 0.111. The second-order valence-electron chi connectivity index (χ2n) is 5.82. The minimum Gasteiger partial charge on any atom is -0.397 e. The van der Waals surface area contributed by atoms with Gasteiger partial charge < -0.3 is 16.0 Å². The highest BCUT2D eigenvalue weighted by molar-refractivity contribution is 5.94. The number of anilines is 2. The fourth-order valence-corrected chi connectivity index (χ4v) is 2.83. The number of hydrogen-bond acceptors (Lipinski definition) is 5. The lowest BCUT2D eigenvalue weighted by molar-refractivity contribution is 0.212. The lowest BCUT2D eigenvalue weighted by Crippen LogP contribution is -2.30. The number of aromatic nitrogens is 3. The highest BCUT2D eigenvalue weighted by atomic mass is 16.2. The number of nitrogens with two attached hydrogens (primary N) is 1. The number of nitrogens with zero attached hydrogens (tertiary/aromatic N) is 4. The Hall–Kier alpha value is -3.48. The van der Waals surface area contributed by atoms with Crippen LogP contribution in [-0.4, -0.2) is 25.9 Å². The molecule has 0 fully saturated rings. The van der Waals surface area contributed by atoms with Crippen molar-refractivity contribution < 1.29 is 4.79 Å². The van der Waals surface area contributed by atoms with Gasteiger partial charge in [0.25, 0.3) is 0 Å². The van der Waals surface area contributed by atoms with Crippen molar-refractivity contribution >= 4 is 17.4 Å². The minimum absolute atomic E-state index is 0.212.